The SMILES string of the molecule is CN(C)C1CC1CCOC1CCC(N(C)S(=O)(=O)c2ccc(C(F)(F)F)cc2)CC1. The molecule has 2 aliphatic rings. The predicted octanol–water partition coefficient (Wildman–Crippen LogP) is 3.99. The Morgan fingerprint density at radius 2 is 1.63 bits per heavy atom. The van der Waals surface area contributed by atoms with Crippen LogP contribution in [0.25, 0.3) is 0 Å². The molecule has 2 aliphatic carbocycles. The van der Waals surface area contributed by atoms with E-state index in [4.69, 9.17) is 4.74 Å². The summed E-state index contributed by atoms with van der Waals surface area (Å²) in [5, 5.41) is 0. The van der Waals surface area contributed by atoms with Gasteiger partial charge in [0.05, 0.1) is 16.6 Å². The lowest BCUT2D eigenvalue weighted by atomic mass is 9.93. The summed E-state index contributed by atoms with van der Waals surface area (Å²) in [6.45, 7) is 0.740. The minimum absolute atomic E-state index is 0.115. The van der Waals surface area contributed by atoms with E-state index in [0.29, 0.717) is 18.9 Å². The largest absolute Gasteiger partial charge is 0.416 e. The van der Waals surface area contributed by atoms with Gasteiger partial charge in [0.15, 0.2) is 0 Å². The predicted molar refractivity (Wildman–Crippen MR) is 109 cm³/mol. The lowest BCUT2D eigenvalue weighted by Gasteiger charge is -2.34. The van der Waals surface area contributed by atoms with E-state index in [1.54, 1.807) is 0 Å². The molecule has 2 fully saturated rings. The molecule has 2 unspecified atom stereocenters. The third-order valence-electron chi connectivity index (χ3n) is 6.41. The van der Waals surface area contributed by atoms with Crippen LogP contribution in [0.15, 0.2) is 29.2 Å². The topological polar surface area (TPSA) is 49.9 Å². The molecule has 0 radical (unpaired) electrons. The molecule has 0 heterocycles. The van der Waals surface area contributed by atoms with Gasteiger partial charge in [-0.15, -0.1) is 0 Å². The van der Waals surface area contributed by atoms with Crippen molar-refractivity contribution in [3.05, 3.63) is 29.8 Å². The highest BCUT2D eigenvalue weighted by Gasteiger charge is 2.38. The number of rotatable bonds is 8. The van der Waals surface area contributed by atoms with Gasteiger partial charge in [-0.3, -0.25) is 0 Å². The maximum Gasteiger partial charge on any atom is 0.416 e. The molecule has 170 valence electrons. The number of nitrogens with zero attached hydrogens (tertiary/aromatic N) is 2. The van der Waals surface area contributed by atoms with Crippen molar-refractivity contribution in [3.63, 3.8) is 0 Å². The Bertz CT molecular complexity index is 804. The Labute approximate surface area is 177 Å². The molecule has 0 aliphatic heterocycles. The number of alkyl halides is 3. The van der Waals surface area contributed by atoms with Crippen molar-refractivity contribution in [2.24, 2.45) is 5.92 Å². The van der Waals surface area contributed by atoms with Crippen molar-refractivity contribution in [1.29, 1.82) is 0 Å². The van der Waals surface area contributed by atoms with Crippen LogP contribution in [0.2, 0.25) is 0 Å². The van der Waals surface area contributed by atoms with Crippen molar-refractivity contribution < 1.29 is 26.3 Å². The highest BCUT2D eigenvalue weighted by molar-refractivity contribution is 7.89. The first-order chi connectivity index (χ1) is 14.0. The third-order valence-corrected chi connectivity index (χ3v) is 8.33. The summed E-state index contributed by atoms with van der Waals surface area (Å²) in [5.41, 5.74) is -0.857. The van der Waals surface area contributed by atoms with Crippen LogP contribution in [0.5, 0.6) is 0 Å². The number of hydrogen-bond donors (Lipinski definition) is 0. The van der Waals surface area contributed by atoms with E-state index < -0.39 is 21.8 Å². The quantitative estimate of drug-likeness (QED) is 0.603. The Kier molecular flexibility index (Phi) is 7.16. The minimum atomic E-state index is -4.49. The Morgan fingerprint density at radius 3 is 2.13 bits per heavy atom. The molecule has 0 saturated heterocycles. The summed E-state index contributed by atoms with van der Waals surface area (Å²) in [6, 6.07) is 4.19. The zero-order chi connectivity index (χ0) is 22.1. The van der Waals surface area contributed by atoms with Crippen LogP contribution in [0.4, 0.5) is 13.2 Å². The molecule has 0 spiro atoms. The summed E-state index contributed by atoms with van der Waals surface area (Å²) in [7, 11) is 1.87. The third kappa shape index (κ3) is 5.55. The monoisotopic (exact) mass is 448 g/mol. The van der Waals surface area contributed by atoms with Gasteiger partial charge in [-0.05, 0) is 82.8 Å². The maximum absolute atomic E-state index is 12.8. The fraction of sp³-hybridized carbons (Fsp3) is 0.714. The van der Waals surface area contributed by atoms with Crippen LogP contribution in [0.3, 0.4) is 0 Å². The highest BCUT2D eigenvalue weighted by atomic mass is 32.2. The van der Waals surface area contributed by atoms with Crippen molar-refractivity contribution in [1.82, 2.24) is 9.21 Å². The summed E-state index contributed by atoms with van der Waals surface area (Å²) in [6.07, 6.45) is 0.911. The molecule has 0 N–H and O–H groups in total. The van der Waals surface area contributed by atoms with Crippen molar-refractivity contribution in [2.45, 2.75) is 67.8 Å². The van der Waals surface area contributed by atoms with E-state index in [0.717, 1.165) is 56.1 Å². The zero-order valence-corrected chi connectivity index (χ0v) is 18.5. The average Bonchev–Trinajstić information content (AvgIpc) is 3.47. The fourth-order valence-corrected chi connectivity index (χ4v) is 5.73. The molecule has 2 saturated carbocycles. The van der Waals surface area contributed by atoms with Gasteiger partial charge in [0.25, 0.3) is 0 Å². The van der Waals surface area contributed by atoms with Crippen LogP contribution in [0, 0.1) is 5.92 Å². The standard InChI is InChI=1S/C21H31F3N2O3S/c1-25(2)20-14-15(20)12-13-29-18-8-6-17(7-9-18)26(3)30(27,28)19-10-4-16(5-11-19)21(22,23)24/h4-5,10-11,15,17-18,20H,6-9,12-14H2,1-3H3. The second-order valence-electron chi connectivity index (χ2n) is 8.66. The van der Waals surface area contributed by atoms with Crippen molar-refractivity contribution >= 4 is 10.0 Å². The van der Waals surface area contributed by atoms with Gasteiger partial charge < -0.3 is 9.64 Å². The van der Waals surface area contributed by atoms with E-state index in [1.165, 1.54) is 17.8 Å². The second kappa shape index (κ2) is 9.14. The van der Waals surface area contributed by atoms with Gasteiger partial charge in [0.2, 0.25) is 10.0 Å². The Morgan fingerprint density at radius 1 is 1.03 bits per heavy atom. The maximum atomic E-state index is 12.8. The summed E-state index contributed by atoms with van der Waals surface area (Å²) in [5.74, 6) is 0.719. The van der Waals surface area contributed by atoms with Crippen molar-refractivity contribution in [2.75, 3.05) is 27.7 Å². The normalized spacial score (nSPS) is 27.6. The molecule has 30 heavy (non-hydrogen) atoms. The van der Waals surface area contributed by atoms with Crippen LogP contribution < -0.4 is 0 Å². The summed E-state index contributed by atoms with van der Waals surface area (Å²) >= 11 is 0. The number of halogens is 3. The molecule has 9 heteroatoms. The summed E-state index contributed by atoms with van der Waals surface area (Å²) < 4.78 is 71.1. The number of benzene rings is 1. The molecule has 1 aromatic rings. The van der Waals surface area contributed by atoms with Gasteiger partial charge >= 0.3 is 6.18 Å². The van der Waals surface area contributed by atoms with Gasteiger partial charge in [-0.1, -0.05) is 0 Å². The first kappa shape index (κ1) is 23.5. The molecule has 0 bridgehead atoms. The Balaban J connectivity index is 1.47. The lowest BCUT2D eigenvalue weighted by Crippen LogP contribution is -2.40. The molecule has 3 rings (SSSR count). The van der Waals surface area contributed by atoms with Gasteiger partial charge in [-0.2, -0.15) is 17.5 Å². The molecular formula is C21H31F3N2O3S. The van der Waals surface area contributed by atoms with E-state index >= 15 is 0 Å². The first-order valence-corrected chi connectivity index (χ1v) is 11.9. The minimum Gasteiger partial charge on any atom is -0.378 e. The van der Waals surface area contributed by atoms with E-state index in [1.807, 2.05) is 0 Å². The van der Waals surface area contributed by atoms with Gasteiger partial charge in [0, 0.05) is 25.7 Å². The lowest BCUT2D eigenvalue weighted by molar-refractivity contribution is -0.137. The van der Waals surface area contributed by atoms with E-state index in [9.17, 15) is 21.6 Å². The van der Waals surface area contributed by atoms with E-state index in [-0.39, 0.29) is 17.0 Å². The molecule has 0 aromatic heterocycles. The average molecular weight is 449 g/mol. The van der Waals surface area contributed by atoms with Crippen LogP contribution in [0.1, 0.15) is 44.1 Å². The van der Waals surface area contributed by atoms with Gasteiger partial charge in [-0.25, -0.2) is 8.42 Å². The fourth-order valence-electron chi connectivity index (χ4n) is 4.31. The van der Waals surface area contributed by atoms with Crippen molar-refractivity contribution in [3.8, 4) is 0 Å². The molecule has 1 aromatic carbocycles. The number of ether oxygens (including phenoxy) is 1. The van der Waals surface area contributed by atoms with E-state index in [2.05, 4.69) is 19.0 Å². The van der Waals surface area contributed by atoms with Crippen LogP contribution in [-0.4, -0.2) is 63.6 Å². The van der Waals surface area contributed by atoms with Crippen LogP contribution >= 0.6 is 0 Å². The van der Waals surface area contributed by atoms with Gasteiger partial charge in [0.1, 0.15) is 0 Å². The number of hydrogen-bond acceptors (Lipinski definition) is 4. The molecule has 5 nitrogen and oxygen atoms in total. The van der Waals surface area contributed by atoms with Crippen LogP contribution in [-0.2, 0) is 20.9 Å². The first-order valence-electron chi connectivity index (χ1n) is 10.4. The molecular weight excluding hydrogens is 417 g/mol. The smallest absolute Gasteiger partial charge is 0.378 e. The number of sulfonamides is 1. The highest BCUT2D eigenvalue weighted by Crippen LogP contribution is 2.37. The summed E-state index contributed by atoms with van der Waals surface area (Å²) in [4.78, 5) is 2.14. The second-order valence-corrected chi connectivity index (χ2v) is 10.7. The molecule has 0 amide bonds. The zero-order valence-electron chi connectivity index (χ0n) is 17.7. The molecule has 2 atom stereocenters. The Hall–Kier alpha value is -1.16.